The van der Waals surface area contributed by atoms with Crippen LogP contribution in [0.3, 0.4) is 0 Å². The lowest BCUT2D eigenvalue weighted by atomic mass is 10.1. The fraction of sp³-hybridized carbons (Fsp3) is 0.409. The molecule has 2 aromatic heterocycles. The number of H-pyrrole nitrogens is 1. The van der Waals surface area contributed by atoms with E-state index in [0.29, 0.717) is 12.2 Å². The van der Waals surface area contributed by atoms with Crippen LogP contribution in [-0.2, 0) is 24.1 Å². The molecular formula is C22H25N3O2S. The summed E-state index contributed by atoms with van der Waals surface area (Å²) < 4.78 is 0. The summed E-state index contributed by atoms with van der Waals surface area (Å²) in [6.45, 7) is 4.02. The monoisotopic (exact) mass is 395 g/mol. The largest absolute Gasteiger partial charge is 0.326 e. The molecule has 2 N–H and O–H groups in total. The highest BCUT2D eigenvalue weighted by Gasteiger charge is 2.19. The normalized spacial score (nSPS) is 13.9. The molecular weight excluding hydrogens is 370 g/mol. The van der Waals surface area contributed by atoms with E-state index in [1.165, 1.54) is 23.3 Å². The van der Waals surface area contributed by atoms with Crippen LogP contribution in [0.4, 0.5) is 5.69 Å². The van der Waals surface area contributed by atoms with E-state index >= 15 is 0 Å². The Labute approximate surface area is 168 Å². The van der Waals surface area contributed by atoms with E-state index in [-0.39, 0.29) is 17.9 Å². The van der Waals surface area contributed by atoms with Gasteiger partial charge in [-0.2, -0.15) is 0 Å². The Morgan fingerprint density at radius 1 is 1.14 bits per heavy atom. The van der Waals surface area contributed by atoms with Crippen molar-refractivity contribution in [3.8, 4) is 0 Å². The maximum Gasteiger partial charge on any atom is 0.259 e. The topological polar surface area (TPSA) is 74.8 Å². The summed E-state index contributed by atoms with van der Waals surface area (Å²) in [5, 5.41) is 3.71. The van der Waals surface area contributed by atoms with Crippen LogP contribution in [0.5, 0.6) is 0 Å². The molecule has 1 aliphatic carbocycles. The minimum absolute atomic E-state index is 0.0610. The summed E-state index contributed by atoms with van der Waals surface area (Å²) in [4.78, 5) is 34.7. The van der Waals surface area contributed by atoms with E-state index in [9.17, 15) is 9.59 Å². The van der Waals surface area contributed by atoms with Crippen molar-refractivity contribution < 1.29 is 4.79 Å². The molecule has 5 nitrogen and oxygen atoms in total. The van der Waals surface area contributed by atoms with Crippen molar-refractivity contribution in [2.75, 3.05) is 5.32 Å². The fourth-order valence-corrected chi connectivity index (χ4v) is 5.29. The lowest BCUT2D eigenvalue weighted by molar-refractivity contribution is -0.116. The van der Waals surface area contributed by atoms with E-state index in [1.54, 1.807) is 11.3 Å². The molecule has 0 atom stereocenters. The van der Waals surface area contributed by atoms with Gasteiger partial charge < -0.3 is 10.3 Å². The number of nitrogens with one attached hydrogen (secondary N) is 2. The quantitative estimate of drug-likeness (QED) is 0.641. The van der Waals surface area contributed by atoms with Gasteiger partial charge in [-0.15, -0.1) is 11.3 Å². The second kappa shape index (κ2) is 7.87. The van der Waals surface area contributed by atoms with Gasteiger partial charge in [0.2, 0.25) is 5.91 Å². The van der Waals surface area contributed by atoms with Crippen molar-refractivity contribution in [2.24, 2.45) is 0 Å². The molecule has 2 heterocycles. The molecule has 146 valence electrons. The van der Waals surface area contributed by atoms with E-state index < -0.39 is 0 Å². The average molecular weight is 396 g/mol. The van der Waals surface area contributed by atoms with Crippen LogP contribution in [-0.4, -0.2) is 15.9 Å². The molecule has 0 saturated carbocycles. The third-order valence-electron chi connectivity index (χ3n) is 5.22. The third kappa shape index (κ3) is 4.02. The Morgan fingerprint density at radius 3 is 2.68 bits per heavy atom. The van der Waals surface area contributed by atoms with Gasteiger partial charge in [0, 0.05) is 23.4 Å². The number of rotatable bonds is 4. The zero-order valence-electron chi connectivity index (χ0n) is 16.4. The molecule has 0 radical (unpaired) electrons. The van der Waals surface area contributed by atoms with Gasteiger partial charge in [-0.25, -0.2) is 4.98 Å². The molecule has 28 heavy (non-hydrogen) atoms. The molecule has 3 aromatic rings. The van der Waals surface area contributed by atoms with Gasteiger partial charge >= 0.3 is 0 Å². The number of aromatic amines is 1. The van der Waals surface area contributed by atoms with Gasteiger partial charge in [0.05, 0.1) is 5.39 Å². The Morgan fingerprint density at radius 2 is 1.89 bits per heavy atom. The standard InChI is InChI=1S/C22H25N3O2S/c1-13-10-14(2)12-15(11-13)23-19(26)9-8-18-24-21(27)20-16-6-4-3-5-7-17(16)28-22(20)25-18/h10-12H,3-9H2,1-2H3,(H,23,26)(H,24,25,27). The number of carbonyl (C=O) groups excluding carboxylic acids is 1. The Balaban J connectivity index is 1.49. The Hall–Kier alpha value is -2.47. The highest BCUT2D eigenvalue weighted by molar-refractivity contribution is 7.18. The van der Waals surface area contributed by atoms with Crippen molar-refractivity contribution in [2.45, 2.75) is 58.8 Å². The van der Waals surface area contributed by atoms with E-state index in [4.69, 9.17) is 0 Å². The number of aromatic nitrogens is 2. The number of carbonyl (C=O) groups is 1. The number of aryl methyl sites for hydroxylation is 5. The Kier molecular flexibility index (Phi) is 5.31. The molecule has 0 unspecified atom stereocenters. The van der Waals surface area contributed by atoms with Crippen LogP contribution in [0.2, 0.25) is 0 Å². The van der Waals surface area contributed by atoms with E-state index in [0.717, 1.165) is 46.3 Å². The van der Waals surface area contributed by atoms with Gasteiger partial charge in [0.25, 0.3) is 5.56 Å². The number of hydrogen-bond acceptors (Lipinski definition) is 4. The number of fused-ring (bicyclic) bond motifs is 3. The molecule has 0 bridgehead atoms. The maximum atomic E-state index is 12.7. The summed E-state index contributed by atoms with van der Waals surface area (Å²) in [6, 6.07) is 5.98. The summed E-state index contributed by atoms with van der Waals surface area (Å²) in [5.74, 6) is 0.513. The van der Waals surface area contributed by atoms with Crippen molar-refractivity contribution in [3.05, 3.63) is 55.9 Å². The Bertz CT molecular complexity index is 1080. The molecule has 1 aliphatic rings. The van der Waals surface area contributed by atoms with Gasteiger partial charge in [0.15, 0.2) is 0 Å². The molecule has 1 amide bonds. The van der Waals surface area contributed by atoms with E-state index in [2.05, 4.69) is 21.4 Å². The first kappa shape index (κ1) is 18.9. The number of nitrogens with zero attached hydrogens (tertiary/aromatic N) is 1. The number of hydrogen-bond donors (Lipinski definition) is 2. The second-order valence-corrected chi connectivity index (χ2v) is 8.77. The molecule has 4 rings (SSSR count). The van der Waals surface area contributed by atoms with Crippen LogP contribution in [0, 0.1) is 13.8 Å². The third-order valence-corrected chi connectivity index (χ3v) is 6.40. The van der Waals surface area contributed by atoms with Crippen LogP contribution in [0.15, 0.2) is 23.0 Å². The van der Waals surface area contributed by atoms with E-state index in [1.807, 2.05) is 26.0 Å². The predicted octanol–water partition coefficient (Wildman–Crippen LogP) is 4.44. The van der Waals surface area contributed by atoms with Gasteiger partial charge in [-0.05, 0) is 68.4 Å². The first-order valence-electron chi connectivity index (χ1n) is 9.91. The minimum atomic E-state index is -0.0743. The zero-order chi connectivity index (χ0) is 19.7. The van der Waals surface area contributed by atoms with Gasteiger partial charge in [-0.3, -0.25) is 9.59 Å². The number of benzene rings is 1. The lowest BCUT2D eigenvalue weighted by Gasteiger charge is -2.07. The second-order valence-electron chi connectivity index (χ2n) is 7.68. The number of amides is 1. The summed E-state index contributed by atoms with van der Waals surface area (Å²) in [6.07, 6.45) is 6.27. The highest BCUT2D eigenvalue weighted by atomic mass is 32.1. The molecule has 1 aromatic carbocycles. The van der Waals surface area contributed by atoms with Crippen LogP contribution in [0.25, 0.3) is 10.2 Å². The first-order chi connectivity index (χ1) is 13.5. The molecule has 0 saturated heterocycles. The first-order valence-corrected chi connectivity index (χ1v) is 10.7. The summed E-state index contributed by atoms with van der Waals surface area (Å²) in [5.41, 5.74) is 4.18. The lowest BCUT2D eigenvalue weighted by Crippen LogP contribution is -2.16. The van der Waals surface area contributed by atoms with Crippen LogP contribution >= 0.6 is 11.3 Å². The van der Waals surface area contributed by atoms with Gasteiger partial charge in [-0.1, -0.05) is 12.5 Å². The fourth-order valence-electron chi connectivity index (χ4n) is 4.01. The van der Waals surface area contributed by atoms with Crippen molar-refractivity contribution in [3.63, 3.8) is 0 Å². The summed E-state index contributed by atoms with van der Waals surface area (Å²) >= 11 is 1.65. The van der Waals surface area contributed by atoms with Crippen molar-refractivity contribution in [1.82, 2.24) is 9.97 Å². The van der Waals surface area contributed by atoms with Crippen LogP contribution < -0.4 is 10.9 Å². The smallest absolute Gasteiger partial charge is 0.259 e. The number of thiophene rings is 1. The summed E-state index contributed by atoms with van der Waals surface area (Å²) in [7, 11) is 0. The average Bonchev–Trinajstić information content (AvgIpc) is 2.81. The SMILES string of the molecule is Cc1cc(C)cc(NC(=O)CCc2nc3sc4c(c3c(=O)[nH]2)CCCCC4)c1. The minimum Gasteiger partial charge on any atom is -0.326 e. The van der Waals surface area contributed by atoms with Crippen molar-refractivity contribution >= 4 is 33.1 Å². The molecule has 0 aliphatic heterocycles. The van der Waals surface area contributed by atoms with Gasteiger partial charge in [0.1, 0.15) is 10.7 Å². The predicted molar refractivity (Wildman–Crippen MR) is 114 cm³/mol. The number of anilines is 1. The highest BCUT2D eigenvalue weighted by Crippen LogP contribution is 2.32. The maximum absolute atomic E-state index is 12.7. The molecule has 6 heteroatoms. The van der Waals surface area contributed by atoms with Crippen molar-refractivity contribution in [1.29, 1.82) is 0 Å². The van der Waals surface area contributed by atoms with Crippen LogP contribution in [0.1, 0.15) is 53.1 Å². The molecule has 0 fully saturated rings. The molecule has 0 spiro atoms. The zero-order valence-corrected chi connectivity index (χ0v) is 17.2.